The van der Waals surface area contributed by atoms with E-state index in [1.807, 2.05) is 60.7 Å². The average molecular weight is 448 g/mol. The van der Waals surface area contributed by atoms with Gasteiger partial charge in [-0.1, -0.05) is 73.5 Å². The van der Waals surface area contributed by atoms with Crippen LogP contribution in [0, 0.1) is 6.92 Å². The van der Waals surface area contributed by atoms with Gasteiger partial charge in [-0.3, -0.25) is 4.90 Å². The largest absolute Gasteiger partial charge is 0.460 e. The van der Waals surface area contributed by atoms with Gasteiger partial charge >= 0.3 is 0 Å². The minimum absolute atomic E-state index is 0.447. The highest BCUT2D eigenvalue weighted by Crippen LogP contribution is 2.36. The van der Waals surface area contributed by atoms with Gasteiger partial charge in [0, 0.05) is 16.8 Å². The Morgan fingerprint density at radius 3 is 2.19 bits per heavy atom. The van der Waals surface area contributed by atoms with Crippen LogP contribution in [0.25, 0.3) is 11.0 Å². The van der Waals surface area contributed by atoms with Crippen LogP contribution in [-0.2, 0) is 18.6 Å². The highest BCUT2D eigenvalue weighted by molar-refractivity contribution is 6.30. The molecule has 32 heavy (non-hydrogen) atoms. The molecule has 0 aliphatic rings. The summed E-state index contributed by atoms with van der Waals surface area (Å²) in [7, 11) is 0. The smallest absolute Gasteiger partial charge is 0.134 e. The monoisotopic (exact) mass is 447 g/mol. The van der Waals surface area contributed by atoms with Gasteiger partial charge in [0.25, 0.3) is 0 Å². The maximum atomic E-state index is 12.1. The van der Waals surface area contributed by atoms with E-state index in [9.17, 15) is 5.11 Å². The zero-order valence-corrected chi connectivity index (χ0v) is 19.7. The lowest BCUT2D eigenvalue weighted by molar-refractivity contribution is 0.0812. The third-order valence-corrected chi connectivity index (χ3v) is 6.47. The molecular weight excluding hydrogens is 418 g/mol. The molecule has 0 aliphatic heterocycles. The van der Waals surface area contributed by atoms with Crippen molar-refractivity contribution in [3.63, 3.8) is 0 Å². The van der Waals surface area contributed by atoms with Crippen LogP contribution in [0.1, 0.15) is 41.9 Å². The molecule has 4 rings (SSSR count). The van der Waals surface area contributed by atoms with Gasteiger partial charge in [0.2, 0.25) is 0 Å². The number of furan rings is 1. The van der Waals surface area contributed by atoms with Gasteiger partial charge < -0.3 is 9.52 Å². The summed E-state index contributed by atoms with van der Waals surface area (Å²) in [6, 6.07) is 23.9. The molecule has 1 atom stereocenters. The summed E-state index contributed by atoms with van der Waals surface area (Å²) in [6.07, 6.45) is 0.447. The molecule has 0 spiro atoms. The number of nitrogens with zero attached hydrogens (tertiary/aromatic N) is 1. The number of fused-ring (bicyclic) bond motifs is 1. The van der Waals surface area contributed by atoms with Crippen molar-refractivity contribution >= 4 is 22.6 Å². The van der Waals surface area contributed by atoms with Gasteiger partial charge in [-0.05, 0) is 67.0 Å². The molecule has 3 aromatic carbocycles. The Kier molecular flexibility index (Phi) is 6.71. The van der Waals surface area contributed by atoms with Crippen molar-refractivity contribution in [2.45, 2.75) is 39.3 Å². The Morgan fingerprint density at radius 1 is 0.875 bits per heavy atom. The number of halogens is 1. The van der Waals surface area contributed by atoms with E-state index in [4.69, 9.17) is 16.0 Å². The van der Waals surface area contributed by atoms with Gasteiger partial charge in [-0.15, -0.1) is 0 Å². The van der Waals surface area contributed by atoms with E-state index in [2.05, 4.69) is 37.8 Å². The van der Waals surface area contributed by atoms with Crippen LogP contribution in [0.3, 0.4) is 0 Å². The Hall–Kier alpha value is -2.59. The topological polar surface area (TPSA) is 36.6 Å². The predicted molar refractivity (Wildman–Crippen MR) is 132 cm³/mol. The van der Waals surface area contributed by atoms with E-state index in [-0.39, 0.29) is 0 Å². The first-order valence-corrected chi connectivity index (χ1v) is 11.6. The fourth-order valence-electron chi connectivity index (χ4n) is 4.20. The van der Waals surface area contributed by atoms with Crippen molar-refractivity contribution in [2.24, 2.45) is 0 Å². The first kappa shape index (κ1) is 22.6. The van der Waals surface area contributed by atoms with Gasteiger partial charge in [0.15, 0.2) is 0 Å². The Bertz CT molecular complexity index is 1180. The molecule has 0 bridgehead atoms. The molecule has 1 N–H and O–H groups in total. The zero-order chi connectivity index (χ0) is 22.7. The van der Waals surface area contributed by atoms with E-state index >= 15 is 0 Å². The summed E-state index contributed by atoms with van der Waals surface area (Å²) in [6.45, 7) is 9.10. The molecule has 4 aromatic rings. The quantitative estimate of drug-likeness (QED) is 0.326. The van der Waals surface area contributed by atoms with Crippen LogP contribution < -0.4 is 0 Å². The number of rotatable bonds is 8. The summed E-state index contributed by atoms with van der Waals surface area (Å²) in [4.78, 5) is 2.32. The molecule has 4 heteroatoms. The third-order valence-electron chi connectivity index (χ3n) is 6.22. The normalized spacial score (nSPS) is 13.6. The minimum Gasteiger partial charge on any atom is -0.460 e. The molecule has 1 unspecified atom stereocenters. The molecule has 0 amide bonds. The number of aryl methyl sites for hydroxylation is 1. The molecule has 0 aliphatic carbocycles. The van der Waals surface area contributed by atoms with Crippen molar-refractivity contribution in [2.75, 3.05) is 13.1 Å². The van der Waals surface area contributed by atoms with Crippen LogP contribution in [0.5, 0.6) is 0 Å². The van der Waals surface area contributed by atoms with Gasteiger partial charge in [-0.25, -0.2) is 0 Å². The van der Waals surface area contributed by atoms with Crippen LogP contribution in [0.2, 0.25) is 5.02 Å². The SMILES string of the molecule is CCN(CC)Cc1cc2cc(C(O)(Cc3ccc(Cl)cc3)c3ccc(C)cc3)ccc2o1. The van der Waals surface area contributed by atoms with Gasteiger partial charge in [0.1, 0.15) is 16.9 Å². The number of aliphatic hydroxyl groups is 1. The molecular formula is C28H30ClNO2. The van der Waals surface area contributed by atoms with Gasteiger partial charge in [0.05, 0.1) is 6.54 Å². The molecule has 0 saturated heterocycles. The number of benzene rings is 3. The first-order valence-electron chi connectivity index (χ1n) is 11.2. The molecule has 1 heterocycles. The summed E-state index contributed by atoms with van der Waals surface area (Å²) in [5.74, 6) is 0.942. The fraction of sp³-hybridized carbons (Fsp3) is 0.286. The van der Waals surface area contributed by atoms with E-state index in [0.29, 0.717) is 11.4 Å². The standard InChI is InChI=1S/C28H30ClNO2/c1-4-30(5-2)19-26-17-22-16-24(12-15-27(22)32-26)28(31,23-10-6-20(3)7-11-23)18-21-8-13-25(29)14-9-21/h6-17,31H,4-5,18-19H2,1-3H3. The Balaban J connectivity index is 1.75. The maximum absolute atomic E-state index is 12.1. The molecule has 0 saturated carbocycles. The highest BCUT2D eigenvalue weighted by Gasteiger charge is 2.32. The van der Waals surface area contributed by atoms with Crippen molar-refractivity contribution in [1.82, 2.24) is 4.90 Å². The second kappa shape index (κ2) is 9.50. The van der Waals surface area contributed by atoms with Crippen LogP contribution in [-0.4, -0.2) is 23.1 Å². The third kappa shape index (κ3) is 4.75. The van der Waals surface area contributed by atoms with Crippen molar-refractivity contribution in [3.8, 4) is 0 Å². The zero-order valence-electron chi connectivity index (χ0n) is 18.9. The molecule has 0 fully saturated rings. The summed E-state index contributed by atoms with van der Waals surface area (Å²) in [5, 5.41) is 13.8. The lowest BCUT2D eigenvalue weighted by Gasteiger charge is -2.30. The predicted octanol–water partition coefficient (Wildman–Crippen LogP) is 6.72. The average Bonchev–Trinajstić information content (AvgIpc) is 3.21. The molecule has 1 aromatic heterocycles. The van der Waals surface area contributed by atoms with E-state index in [1.54, 1.807) is 0 Å². The molecule has 166 valence electrons. The summed E-state index contributed by atoms with van der Waals surface area (Å²) >= 11 is 6.08. The minimum atomic E-state index is -1.17. The second-order valence-corrected chi connectivity index (χ2v) is 8.89. The van der Waals surface area contributed by atoms with E-state index in [1.165, 1.54) is 0 Å². The van der Waals surface area contributed by atoms with Crippen LogP contribution in [0.15, 0.2) is 77.2 Å². The van der Waals surface area contributed by atoms with Crippen molar-refractivity contribution in [3.05, 3.63) is 106 Å². The summed E-state index contributed by atoms with van der Waals surface area (Å²) < 4.78 is 6.08. The maximum Gasteiger partial charge on any atom is 0.134 e. The van der Waals surface area contributed by atoms with Crippen molar-refractivity contribution in [1.29, 1.82) is 0 Å². The fourth-order valence-corrected chi connectivity index (χ4v) is 4.32. The lowest BCUT2D eigenvalue weighted by Crippen LogP contribution is -2.30. The lowest BCUT2D eigenvalue weighted by atomic mass is 9.81. The number of hydrogen-bond donors (Lipinski definition) is 1. The highest BCUT2D eigenvalue weighted by atomic mass is 35.5. The van der Waals surface area contributed by atoms with Crippen LogP contribution >= 0.6 is 11.6 Å². The first-order chi connectivity index (χ1) is 15.4. The second-order valence-electron chi connectivity index (χ2n) is 8.46. The Morgan fingerprint density at radius 2 is 1.53 bits per heavy atom. The Labute approximate surface area is 195 Å². The van der Waals surface area contributed by atoms with Gasteiger partial charge in [-0.2, -0.15) is 0 Å². The van der Waals surface area contributed by atoms with Crippen LogP contribution in [0.4, 0.5) is 0 Å². The van der Waals surface area contributed by atoms with Crippen molar-refractivity contribution < 1.29 is 9.52 Å². The van der Waals surface area contributed by atoms with E-state index in [0.717, 1.165) is 58.6 Å². The van der Waals surface area contributed by atoms with E-state index < -0.39 is 5.60 Å². The number of hydrogen-bond acceptors (Lipinski definition) is 3. The summed E-state index contributed by atoms with van der Waals surface area (Å²) in [5.41, 5.74) is 3.56. The molecule has 3 nitrogen and oxygen atoms in total. The molecule has 0 radical (unpaired) electrons.